The number of anilines is 2. The van der Waals surface area contributed by atoms with Crippen LogP contribution in [0.2, 0.25) is 0 Å². The van der Waals surface area contributed by atoms with Crippen LogP contribution in [0.5, 0.6) is 0 Å². The number of alkyl halides is 3. The number of halogens is 3. The monoisotopic (exact) mass is 449 g/mol. The molecule has 8 heteroatoms. The lowest BCUT2D eigenvalue weighted by molar-refractivity contribution is -0.137. The highest BCUT2D eigenvalue weighted by atomic mass is 32.2. The van der Waals surface area contributed by atoms with Gasteiger partial charge in [-0.1, -0.05) is 18.2 Å². The van der Waals surface area contributed by atoms with Crippen molar-refractivity contribution in [3.8, 4) is 0 Å². The van der Waals surface area contributed by atoms with Gasteiger partial charge in [-0.15, -0.1) is 11.8 Å². The van der Waals surface area contributed by atoms with Crippen molar-refractivity contribution < 1.29 is 18.0 Å². The summed E-state index contributed by atoms with van der Waals surface area (Å²) < 4.78 is 38.6. The highest BCUT2D eigenvalue weighted by molar-refractivity contribution is 8.00. The number of rotatable bonds is 4. The molecule has 31 heavy (non-hydrogen) atoms. The summed E-state index contributed by atoms with van der Waals surface area (Å²) in [6.07, 6.45) is -3.76. The Hall–Kier alpha value is -2.19. The minimum Gasteiger partial charge on any atom is -0.369 e. The lowest BCUT2D eigenvalue weighted by atomic mass is 10.0. The molecule has 166 valence electrons. The van der Waals surface area contributed by atoms with E-state index in [1.54, 1.807) is 16.7 Å². The number of hydrogen-bond donors (Lipinski definition) is 0. The second kappa shape index (κ2) is 9.12. The number of benzene rings is 2. The maximum Gasteiger partial charge on any atom is 0.416 e. The van der Waals surface area contributed by atoms with E-state index in [1.165, 1.54) is 17.8 Å². The predicted molar refractivity (Wildman–Crippen MR) is 120 cm³/mol. The number of nitrogens with zero attached hydrogens (tertiary/aromatic N) is 3. The molecule has 4 nitrogen and oxygen atoms in total. The van der Waals surface area contributed by atoms with Gasteiger partial charge < -0.3 is 14.7 Å². The second-order valence-electron chi connectivity index (χ2n) is 8.02. The van der Waals surface area contributed by atoms with Crippen molar-refractivity contribution in [2.45, 2.75) is 17.8 Å². The third-order valence-corrected chi connectivity index (χ3v) is 7.11. The SMILES string of the molecule is CN1CCN(c2ccccc2CC2SCCN(c3ccc(C(F)(F)F)cc3)C2=O)CC1. The molecule has 1 unspecified atom stereocenters. The molecule has 2 aliphatic heterocycles. The molecule has 1 amide bonds. The zero-order valence-corrected chi connectivity index (χ0v) is 18.3. The van der Waals surface area contributed by atoms with Gasteiger partial charge in [-0.2, -0.15) is 13.2 Å². The molecule has 0 radical (unpaired) electrons. The minimum atomic E-state index is -4.38. The van der Waals surface area contributed by atoms with Crippen LogP contribution in [0.1, 0.15) is 11.1 Å². The number of likely N-dealkylation sites (N-methyl/N-ethyl adjacent to an activating group) is 1. The Balaban J connectivity index is 1.49. The van der Waals surface area contributed by atoms with Crippen LogP contribution >= 0.6 is 11.8 Å². The normalized spacial score (nSPS) is 20.9. The van der Waals surface area contributed by atoms with Gasteiger partial charge in [0.25, 0.3) is 0 Å². The second-order valence-corrected chi connectivity index (χ2v) is 9.33. The molecular formula is C23H26F3N3OS. The van der Waals surface area contributed by atoms with Crippen LogP contribution in [0.15, 0.2) is 48.5 Å². The molecule has 2 heterocycles. The molecule has 0 aromatic heterocycles. The molecule has 0 N–H and O–H groups in total. The number of hydrogen-bond acceptors (Lipinski definition) is 4. The van der Waals surface area contributed by atoms with Gasteiger partial charge in [0.1, 0.15) is 0 Å². The Bertz CT molecular complexity index is 911. The zero-order valence-electron chi connectivity index (χ0n) is 17.4. The lowest BCUT2D eigenvalue weighted by Gasteiger charge is -2.36. The molecule has 2 aromatic carbocycles. The van der Waals surface area contributed by atoms with E-state index >= 15 is 0 Å². The van der Waals surface area contributed by atoms with Crippen LogP contribution in [-0.2, 0) is 17.4 Å². The maximum atomic E-state index is 13.2. The van der Waals surface area contributed by atoms with Gasteiger partial charge >= 0.3 is 6.18 Å². The largest absolute Gasteiger partial charge is 0.416 e. The van der Waals surface area contributed by atoms with Crippen LogP contribution in [0, 0.1) is 0 Å². The van der Waals surface area contributed by atoms with Gasteiger partial charge in [0.2, 0.25) is 5.91 Å². The standard InChI is InChI=1S/C23H26F3N3OS/c1-27-10-12-28(13-11-27)20-5-3-2-4-17(20)16-21-22(30)29(14-15-31-21)19-8-6-18(7-9-19)23(24,25)26/h2-9,21H,10-16H2,1H3. The van der Waals surface area contributed by atoms with E-state index in [-0.39, 0.29) is 11.2 Å². The minimum absolute atomic E-state index is 0.0378. The number of thioether (sulfide) groups is 1. The van der Waals surface area contributed by atoms with Gasteiger partial charge in [-0.25, -0.2) is 0 Å². The molecule has 2 fully saturated rings. The van der Waals surface area contributed by atoms with Crippen LogP contribution in [-0.4, -0.2) is 61.6 Å². The van der Waals surface area contributed by atoms with Gasteiger partial charge in [-0.3, -0.25) is 4.79 Å². The van der Waals surface area contributed by atoms with Crippen molar-refractivity contribution in [2.24, 2.45) is 0 Å². The Morgan fingerprint density at radius 1 is 0.968 bits per heavy atom. The predicted octanol–water partition coefficient (Wildman–Crippen LogP) is 4.15. The van der Waals surface area contributed by atoms with Gasteiger partial charge in [-0.05, 0) is 49.4 Å². The van der Waals surface area contributed by atoms with Crippen LogP contribution in [0.25, 0.3) is 0 Å². The van der Waals surface area contributed by atoms with Crippen molar-refractivity contribution in [3.63, 3.8) is 0 Å². The van der Waals surface area contributed by atoms with Crippen LogP contribution in [0.4, 0.5) is 24.5 Å². The summed E-state index contributed by atoms with van der Waals surface area (Å²) in [5.74, 6) is 0.720. The van der Waals surface area contributed by atoms with Crippen molar-refractivity contribution >= 4 is 29.0 Å². The summed E-state index contributed by atoms with van der Waals surface area (Å²) in [5, 5.41) is -0.246. The third kappa shape index (κ3) is 5.01. The Labute approximate surface area is 185 Å². The fourth-order valence-corrected chi connectivity index (χ4v) is 5.25. The van der Waals surface area contributed by atoms with E-state index in [0.717, 1.165) is 49.6 Å². The van der Waals surface area contributed by atoms with E-state index in [2.05, 4.69) is 29.0 Å². The quantitative estimate of drug-likeness (QED) is 0.701. The average molecular weight is 450 g/mol. The first-order valence-electron chi connectivity index (χ1n) is 10.4. The smallest absolute Gasteiger partial charge is 0.369 e. The molecule has 0 bridgehead atoms. The number of carbonyl (C=O) groups is 1. The van der Waals surface area contributed by atoms with Gasteiger partial charge in [0.05, 0.1) is 10.8 Å². The summed E-state index contributed by atoms with van der Waals surface area (Å²) in [6, 6.07) is 13.1. The molecule has 0 spiro atoms. The van der Waals surface area contributed by atoms with Gasteiger partial charge in [0.15, 0.2) is 0 Å². The Morgan fingerprint density at radius 2 is 1.65 bits per heavy atom. The topological polar surface area (TPSA) is 26.8 Å². The molecule has 0 aliphatic carbocycles. The zero-order chi connectivity index (χ0) is 22.0. The van der Waals surface area contributed by atoms with E-state index in [4.69, 9.17) is 0 Å². The average Bonchev–Trinajstić information content (AvgIpc) is 2.76. The molecule has 2 aromatic rings. The molecule has 2 aliphatic rings. The van der Waals surface area contributed by atoms with Crippen molar-refractivity contribution in [1.29, 1.82) is 0 Å². The highest BCUT2D eigenvalue weighted by Crippen LogP contribution is 2.33. The van der Waals surface area contributed by atoms with Crippen molar-refractivity contribution in [2.75, 3.05) is 55.3 Å². The van der Waals surface area contributed by atoms with Gasteiger partial charge in [0, 0.05) is 49.9 Å². The Morgan fingerprint density at radius 3 is 2.32 bits per heavy atom. The summed E-state index contributed by atoms with van der Waals surface area (Å²) in [7, 11) is 2.12. The fraction of sp³-hybridized carbons (Fsp3) is 0.435. The van der Waals surface area contributed by atoms with E-state index in [0.29, 0.717) is 18.7 Å². The number of piperazine rings is 1. The van der Waals surface area contributed by atoms with Crippen molar-refractivity contribution in [1.82, 2.24) is 4.90 Å². The molecular weight excluding hydrogens is 423 g/mol. The first-order chi connectivity index (χ1) is 14.8. The first kappa shape index (κ1) is 22.0. The summed E-state index contributed by atoms with van der Waals surface area (Å²) in [5.41, 5.74) is 2.14. The summed E-state index contributed by atoms with van der Waals surface area (Å²) in [4.78, 5) is 19.5. The van der Waals surface area contributed by atoms with Crippen molar-refractivity contribution in [3.05, 3.63) is 59.7 Å². The molecule has 2 saturated heterocycles. The van der Waals surface area contributed by atoms with E-state index < -0.39 is 11.7 Å². The number of amides is 1. The van der Waals surface area contributed by atoms with Crippen LogP contribution < -0.4 is 9.80 Å². The summed E-state index contributed by atoms with van der Waals surface area (Å²) in [6.45, 7) is 4.43. The lowest BCUT2D eigenvalue weighted by Crippen LogP contribution is -2.46. The van der Waals surface area contributed by atoms with E-state index in [1.807, 2.05) is 12.1 Å². The first-order valence-corrected chi connectivity index (χ1v) is 11.5. The van der Waals surface area contributed by atoms with Crippen LogP contribution in [0.3, 0.4) is 0 Å². The fourth-order valence-electron chi connectivity index (χ4n) is 4.11. The number of para-hydroxylation sites is 1. The molecule has 1 atom stereocenters. The Kier molecular flexibility index (Phi) is 6.48. The third-order valence-electron chi connectivity index (χ3n) is 5.92. The molecule has 0 saturated carbocycles. The number of carbonyl (C=O) groups excluding carboxylic acids is 1. The van der Waals surface area contributed by atoms with E-state index in [9.17, 15) is 18.0 Å². The summed E-state index contributed by atoms with van der Waals surface area (Å²) >= 11 is 1.63. The molecule has 4 rings (SSSR count). The maximum absolute atomic E-state index is 13.2. The highest BCUT2D eigenvalue weighted by Gasteiger charge is 2.33.